The minimum absolute atomic E-state index is 0.0787. The second kappa shape index (κ2) is 5.57. The Morgan fingerprint density at radius 1 is 1.56 bits per heavy atom. The van der Waals surface area contributed by atoms with Gasteiger partial charge in [0.15, 0.2) is 5.75 Å². The predicted molar refractivity (Wildman–Crippen MR) is 64.5 cm³/mol. The molecule has 0 fully saturated rings. The molecule has 1 heterocycles. The fraction of sp³-hybridized carbons (Fsp3) is 0.583. The van der Waals surface area contributed by atoms with E-state index in [1.807, 2.05) is 32.5 Å². The number of ether oxygens (including phenoxy) is 1. The zero-order chi connectivity index (χ0) is 12.1. The van der Waals surface area contributed by atoms with E-state index in [1.165, 1.54) is 0 Å². The number of aromatic nitrogens is 2. The molecule has 0 aromatic carbocycles. The third-order valence-electron chi connectivity index (χ3n) is 2.42. The maximum Gasteiger partial charge on any atom is 0.163 e. The van der Waals surface area contributed by atoms with Crippen LogP contribution in [-0.2, 0) is 7.05 Å². The van der Waals surface area contributed by atoms with E-state index in [0.29, 0.717) is 6.54 Å². The van der Waals surface area contributed by atoms with Crippen molar-refractivity contribution in [1.29, 1.82) is 0 Å². The fourth-order valence-electron chi connectivity index (χ4n) is 1.52. The van der Waals surface area contributed by atoms with Crippen LogP contribution in [0.15, 0.2) is 0 Å². The van der Waals surface area contributed by atoms with Crippen molar-refractivity contribution >= 4 is 0 Å². The van der Waals surface area contributed by atoms with Crippen molar-refractivity contribution in [2.75, 3.05) is 13.1 Å². The number of aryl methyl sites for hydroxylation is 2. The molecule has 0 aliphatic rings. The summed E-state index contributed by atoms with van der Waals surface area (Å²) in [6.45, 7) is 7.26. The summed E-state index contributed by atoms with van der Waals surface area (Å²) in [4.78, 5) is 0. The van der Waals surface area contributed by atoms with Gasteiger partial charge in [-0.3, -0.25) is 4.68 Å². The molecule has 1 aromatic heterocycles. The summed E-state index contributed by atoms with van der Waals surface area (Å²) in [5.74, 6) is 3.40. The van der Waals surface area contributed by atoms with Crippen LogP contribution in [0.1, 0.15) is 18.3 Å². The molecule has 4 nitrogen and oxygen atoms in total. The fourth-order valence-corrected chi connectivity index (χ4v) is 1.52. The quantitative estimate of drug-likeness (QED) is 0.596. The van der Waals surface area contributed by atoms with Gasteiger partial charge in [-0.15, -0.1) is 6.42 Å². The summed E-state index contributed by atoms with van der Waals surface area (Å²) in [6, 6.07) is 0. The lowest BCUT2D eigenvalue weighted by molar-refractivity contribution is 0.216. The Bertz CT molecular complexity index is 390. The van der Waals surface area contributed by atoms with E-state index >= 15 is 0 Å². The number of nitrogens with one attached hydrogen (secondary N) is 1. The Kier molecular flexibility index (Phi) is 4.39. The van der Waals surface area contributed by atoms with Gasteiger partial charge < -0.3 is 10.1 Å². The Hall–Kier alpha value is -1.47. The average Bonchev–Trinajstić information content (AvgIpc) is 2.46. The second-order valence-electron chi connectivity index (χ2n) is 3.89. The third kappa shape index (κ3) is 3.01. The van der Waals surface area contributed by atoms with Gasteiger partial charge in [0, 0.05) is 13.6 Å². The van der Waals surface area contributed by atoms with Crippen LogP contribution in [0, 0.1) is 26.2 Å². The molecule has 0 aliphatic heterocycles. The Morgan fingerprint density at radius 3 is 2.75 bits per heavy atom. The molecule has 0 radical (unpaired) electrons. The number of nitrogens with zero attached hydrogens (tertiary/aromatic N) is 2. The van der Waals surface area contributed by atoms with Crippen LogP contribution in [-0.4, -0.2) is 29.0 Å². The van der Waals surface area contributed by atoms with Gasteiger partial charge in [0.1, 0.15) is 11.8 Å². The highest BCUT2D eigenvalue weighted by molar-refractivity contribution is 5.31. The van der Waals surface area contributed by atoms with E-state index in [1.54, 1.807) is 0 Å². The van der Waals surface area contributed by atoms with Crippen molar-refractivity contribution in [3.8, 4) is 18.1 Å². The summed E-state index contributed by atoms with van der Waals surface area (Å²) in [5, 5.41) is 7.41. The van der Waals surface area contributed by atoms with Crippen LogP contribution in [0.2, 0.25) is 0 Å². The molecule has 0 spiro atoms. The van der Waals surface area contributed by atoms with Gasteiger partial charge in [-0.1, -0.05) is 5.92 Å². The zero-order valence-electron chi connectivity index (χ0n) is 10.4. The van der Waals surface area contributed by atoms with Gasteiger partial charge in [-0.05, 0) is 20.8 Å². The Labute approximate surface area is 97.0 Å². The standard InChI is InChI=1S/C12H19N3O/c1-6-7-13-8-9(2)16-12-10(3)14-15(5)11(12)4/h1,9,13H,7-8H2,2-5H3. The summed E-state index contributed by atoms with van der Waals surface area (Å²) in [5.41, 5.74) is 1.96. The van der Waals surface area contributed by atoms with Crippen LogP contribution in [0.25, 0.3) is 0 Å². The van der Waals surface area contributed by atoms with Gasteiger partial charge >= 0.3 is 0 Å². The lowest BCUT2D eigenvalue weighted by Gasteiger charge is -2.14. The first-order valence-electron chi connectivity index (χ1n) is 5.37. The molecular formula is C12H19N3O. The highest BCUT2D eigenvalue weighted by Crippen LogP contribution is 2.22. The van der Waals surface area contributed by atoms with Crippen LogP contribution >= 0.6 is 0 Å². The molecular weight excluding hydrogens is 202 g/mol. The number of hydrogen-bond acceptors (Lipinski definition) is 3. The highest BCUT2D eigenvalue weighted by Gasteiger charge is 2.13. The molecule has 88 valence electrons. The zero-order valence-corrected chi connectivity index (χ0v) is 10.4. The van der Waals surface area contributed by atoms with Crippen molar-refractivity contribution in [2.45, 2.75) is 26.9 Å². The van der Waals surface area contributed by atoms with Gasteiger partial charge in [-0.2, -0.15) is 5.10 Å². The largest absolute Gasteiger partial charge is 0.486 e. The van der Waals surface area contributed by atoms with Gasteiger partial charge in [0.2, 0.25) is 0 Å². The maximum absolute atomic E-state index is 5.83. The van der Waals surface area contributed by atoms with Crippen molar-refractivity contribution in [1.82, 2.24) is 15.1 Å². The van der Waals surface area contributed by atoms with E-state index in [2.05, 4.69) is 16.3 Å². The number of hydrogen-bond donors (Lipinski definition) is 1. The molecule has 1 atom stereocenters. The van der Waals surface area contributed by atoms with Crippen LogP contribution in [0.4, 0.5) is 0 Å². The van der Waals surface area contributed by atoms with Gasteiger partial charge in [-0.25, -0.2) is 0 Å². The maximum atomic E-state index is 5.83. The smallest absolute Gasteiger partial charge is 0.163 e. The highest BCUT2D eigenvalue weighted by atomic mass is 16.5. The van der Waals surface area contributed by atoms with Crippen LogP contribution in [0.5, 0.6) is 5.75 Å². The van der Waals surface area contributed by atoms with E-state index < -0.39 is 0 Å². The van der Waals surface area contributed by atoms with E-state index in [4.69, 9.17) is 11.2 Å². The van der Waals surface area contributed by atoms with Gasteiger partial charge in [0.05, 0.1) is 12.2 Å². The topological polar surface area (TPSA) is 39.1 Å². The predicted octanol–water partition coefficient (Wildman–Crippen LogP) is 1.03. The molecule has 0 saturated heterocycles. The first-order valence-corrected chi connectivity index (χ1v) is 5.37. The van der Waals surface area contributed by atoms with Crippen molar-refractivity contribution in [2.24, 2.45) is 7.05 Å². The number of terminal acetylenes is 1. The minimum atomic E-state index is 0.0787. The summed E-state index contributed by atoms with van der Waals surface area (Å²) in [7, 11) is 1.91. The summed E-state index contributed by atoms with van der Waals surface area (Å²) >= 11 is 0. The molecule has 1 N–H and O–H groups in total. The minimum Gasteiger partial charge on any atom is -0.486 e. The summed E-state index contributed by atoms with van der Waals surface area (Å²) in [6.07, 6.45) is 5.23. The molecule has 1 rings (SSSR count). The monoisotopic (exact) mass is 221 g/mol. The van der Waals surface area contributed by atoms with Crippen molar-refractivity contribution < 1.29 is 4.74 Å². The molecule has 0 bridgehead atoms. The Balaban J connectivity index is 2.56. The molecule has 1 aromatic rings. The second-order valence-corrected chi connectivity index (χ2v) is 3.89. The first kappa shape index (κ1) is 12.6. The lowest BCUT2D eigenvalue weighted by atomic mass is 10.3. The average molecular weight is 221 g/mol. The van der Waals surface area contributed by atoms with Crippen LogP contribution in [0.3, 0.4) is 0 Å². The molecule has 0 amide bonds. The third-order valence-corrected chi connectivity index (χ3v) is 2.42. The lowest BCUT2D eigenvalue weighted by Crippen LogP contribution is -2.29. The number of rotatable bonds is 5. The molecule has 4 heteroatoms. The molecule has 1 unspecified atom stereocenters. The van der Waals surface area contributed by atoms with Crippen molar-refractivity contribution in [3.05, 3.63) is 11.4 Å². The molecule has 0 aliphatic carbocycles. The SMILES string of the molecule is C#CCNCC(C)Oc1c(C)nn(C)c1C. The Morgan fingerprint density at radius 2 is 2.25 bits per heavy atom. The molecule has 0 saturated carbocycles. The first-order chi connectivity index (χ1) is 7.56. The van der Waals surface area contributed by atoms with E-state index in [9.17, 15) is 0 Å². The molecule has 16 heavy (non-hydrogen) atoms. The van der Waals surface area contributed by atoms with E-state index in [-0.39, 0.29) is 6.10 Å². The van der Waals surface area contributed by atoms with E-state index in [0.717, 1.165) is 23.7 Å². The normalized spacial score (nSPS) is 12.2. The van der Waals surface area contributed by atoms with Crippen molar-refractivity contribution in [3.63, 3.8) is 0 Å². The van der Waals surface area contributed by atoms with Crippen LogP contribution < -0.4 is 10.1 Å². The summed E-state index contributed by atoms with van der Waals surface area (Å²) < 4.78 is 7.65. The van der Waals surface area contributed by atoms with Gasteiger partial charge in [0.25, 0.3) is 0 Å².